The number of ether oxygens (including phenoxy) is 1. The van der Waals surface area contributed by atoms with E-state index in [9.17, 15) is 25.4 Å². The number of amides is 1. The maximum Gasteiger partial charge on any atom is 0.262 e. The first-order valence-corrected chi connectivity index (χ1v) is 13.8. The largest absolute Gasteiger partial charge is 0.390 e. The van der Waals surface area contributed by atoms with Crippen LogP contribution in [0.1, 0.15) is 31.9 Å². The van der Waals surface area contributed by atoms with Crippen LogP contribution in [0, 0.1) is 17.2 Å². The Hall–Kier alpha value is -3.68. The highest BCUT2D eigenvalue weighted by molar-refractivity contribution is 6.01. The number of piperidine rings is 1. The predicted octanol–water partition coefficient (Wildman–Crippen LogP) is 2.93. The second-order valence-corrected chi connectivity index (χ2v) is 10.8. The average molecular weight is 545 g/mol. The second-order valence-electron chi connectivity index (χ2n) is 10.8. The predicted molar refractivity (Wildman–Crippen MR) is 153 cm³/mol. The lowest BCUT2D eigenvalue weighted by molar-refractivity contribution is -0.257. The molecular formula is C31H36N4O5. The molecule has 1 unspecified atom stereocenters. The standard InChI is InChI=1S/C31H36N4O5/c1-19-28(36)29(37)26(31(39)40-19)18-33-30(38)23(17-32)16-24-10-11-27(34(24)2)22-7-6-21-15-25(9-8-20(21)14-22)35-12-4-3-5-13-35/h6-11,14-16,19,26,28-29,31,36-37,39H,3-5,12-13,18H2,1-2H3,(H,33,38)/b23-16+/t19-,26-,28?,29+,31-/m0/s1. The van der Waals surface area contributed by atoms with Crippen LogP contribution in [-0.2, 0) is 16.6 Å². The lowest BCUT2D eigenvalue weighted by Crippen LogP contribution is -2.56. The molecule has 5 rings (SSSR count). The topological polar surface area (TPSA) is 131 Å². The number of rotatable bonds is 6. The van der Waals surface area contributed by atoms with Crippen LogP contribution in [0.25, 0.3) is 28.1 Å². The molecule has 1 aromatic heterocycles. The van der Waals surface area contributed by atoms with E-state index >= 15 is 0 Å². The molecule has 4 N–H and O–H groups in total. The Kier molecular flexibility index (Phi) is 8.24. The number of aliphatic hydroxyl groups is 3. The number of nitriles is 1. The Labute approximate surface area is 233 Å². The van der Waals surface area contributed by atoms with Gasteiger partial charge in [0.25, 0.3) is 5.91 Å². The molecule has 2 aliphatic rings. The molecule has 0 spiro atoms. The number of nitrogens with zero attached hydrogens (tertiary/aromatic N) is 3. The number of benzene rings is 2. The Morgan fingerprint density at radius 1 is 1.05 bits per heavy atom. The van der Waals surface area contributed by atoms with Crippen LogP contribution in [-0.4, -0.2) is 70.0 Å². The SMILES string of the molecule is C[C@@H]1O[C@H](O)[C@@H](CNC(=O)/C(C#N)=C/c2ccc(-c3ccc4cc(N5CCCCC5)ccc4c3)n2C)[C@@H](O)C1O. The summed E-state index contributed by atoms with van der Waals surface area (Å²) in [5.74, 6) is -1.58. The summed E-state index contributed by atoms with van der Waals surface area (Å²) in [6.45, 7) is 3.58. The van der Waals surface area contributed by atoms with Gasteiger partial charge in [0, 0.05) is 43.8 Å². The van der Waals surface area contributed by atoms with E-state index in [0.717, 1.165) is 29.7 Å². The number of aromatic nitrogens is 1. The maximum absolute atomic E-state index is 12.8. The number of hydrogen-bond acceptors (Lipinski definition) is 7. The monoisotopic (exact) mass is 544 g/mol. The summed E-state index contributed by atoms with van der Waals surface area (Å²) < 4.78 is 7.15. The molecule has 40 heavy (non-hydrogen) atoms. The molecule has 0 aliphatic carbocycles. The minimum Gasteiger partial charge on any atom is -0.390 e. The van der Waals surface area contributed by atoms with Gasteiger partial charge in [-0.3, -0.25) is 4.79 Å². The molecule has 9 heteroatoms. The summed E-state index contributed by atoms with van der Waals surface area (Å²) in [7, 11) is 1.88. The van der Waals surface area contributed by atoms with Crippen molar-refractivity contribution in [2.45, 2.75) is 50.8 Å². The van der Waals surface area contributed by atoms with E-state index in [1.807, 2.05) is 29.8 Å². The fourth-order valence-electron chi connectivity index (χ4n) is 5.63. The van der Waals surface area contributed by atoms with Crippen LogP contribution >= 0.6 is 0 Å². The van der Waals surface area contributed by atoms with Crippen molar-refractivity contribution in [3.63, 3.8) is 0 Å². The highest BCUT2D eigenvalue weighted by Gasteiger charge is 2.42. The first-order valence-electron chi connectivity index (χ1n) is 13.8. The third-order valence-electron chi connectivity index (χ3n) is 8.15. The molecule has 9 nitrogen and oxygen atoms in total. The van der Waals surface area contributed by atoms with Crippen LogP contribution in [0.4, 0.5) is 5.69 Å². The van der Waals surface area contributed by atoms with E-state index in [4.69, 9.17) is 4.74 Å². The van der Waals surface area contributed by atoms with Gasteiger partial charge in [0.15, 0.2) is 6.29 Å². The fourth-order valence-corrected chi connectivity index (χ4v) is 5.63. The molecule has 0 saturated carbocycles. The minimum absolute atomic E-state index is 0.119. The summed E-state index contributed by atoms with van der Waals surface area (Å²) in [6, 6.07) is 18.7. The number of nitrogens with one attached hydrogen (secondary N) is 1. The molecule has 2 aliphatic heterocycles. The Morgan fingerprint density at radius 3 is 2.52 bits per heavy atom. The fraction of sp³-hybridized carbons (Fsp3) is 0.419. The molecule has 1 amide bonds. The van der Waals surface area contributed by atoms with Crippen molar-refractivity contribution < 1.29 is 24.9 Å². The van der Waals surface area contributed by atoms with Crippen molar-refractivity contribution in [3.8, 4) is 17.3 Å². The molecule has 3 aromatic rings. The van der Waals surface area contributed by atoms with Crippen LogP contribution in [0.2, 0.25) is 0 Å². The highest BCUT2D eigenvalue weighted by atomic mass is 16.6. The molecular weight excluding hydrogens is 508 g/mol. The van der Waals surface area contributed by atoms with Gasteiger partial charge >= 0.3 is 0 Å². The first-order chi connectivity index (χ1) is 19.3. The summed E-state index contributed by atoms with van der Waals surface area (Å²) in [5.41, 5.74) is 3.79. The van der Waals surface area contributed by atoms with Gasteiger partial charge in [-0.1, -0.05) is 18.2 Å². The third kappa shape index (κ3) is 5.62. The highest BCUT2D eigenvalue weighted by Crippen LogP contribution is 2.30. The van der Waals surface area contributed by atoms with Gasteiger partial charge in [-0.15, -0.1) is 0 Å². The summed E-state index contributed by atoms with van der Waals surface area (Å²) in [6.07, 6.45) is 0.729. The van der Waals surface area contributed by atoms with Crippen LogP contribution in [0.15, 0.2) is 54.1 Å². The van der Waals surface area contributed by atoms with Gasteiger partial charge < -0.3 is 34.8 Å². The average Bonchev–Trinajstić information content (AvgIpc) is 3.33. The molecule has 2 saturated heterocycles. The van der Waals surface area contributed by atoms with E-state index in [0.29, 0.717) is 5.69 Å². The normalized spacial score (nSPS) is 25.6. The van der Waals surface area contributed by atoms with E-state index in [1.165, 1.54) is 36.4 Å². The first kappa shape index (κ1) is 27.9. The molecule has 0 radical (unpaired) electrons. The molecule has 0 bridgehead atoms. The van der Waals surface area contributed by atoms with Crippen molar-refractivity contribution in [2.24, 2.45) is 13.0 Å². The molecule has 5 atom stereocenters. The van der Waals surface area contributed by atoms with E-state index in [-0.39, 0.29) is 12.1 Å². The van der Waals surface area contributed by atoms with Crippen LogP contribution < -0.4 is 10.2 Å². The minimum atomic E-state index is -1.35. The van der Waals surface area contributed by atoms with Gasteiger partial charge in [0.2, 0.25) is 0 Å². The summed E-state index contributed by atoms with van der Waals surface area (Å²) in [5, 5.41) is 45.0. The lowest BCUT2D eigenvalue weighted by atomic mass is 9.91. The van der Waals surface area contributed by atoms with Crippen molar-refractivity contribution >= 4 is 28.4 Å². The van der Waals surface area contributed by atoms with Gasteiger partial charge in [-0.05, 0) is 78.9 Å². The smallest absolute Gasteiger partial charge is 0.262 e. The molecule has 2 aromatic carbocycles. The Balaban J connectivity index is 1.30. The van der Waals surface area contributed by atoms with Gasteiger partial charge in [-0.25, -0.2) is 0 Å². The van der Waals surface area contributed by atoms with E-state index < -0.39 is 36.4 Å². The summed E-state index contributed by atoms with van der Waals surface area (Å²) in [4.78, 5) is 15.2. The molecule has 2 fully saturated rings. The lowest BCUT2D eigenvalue weighted by Gasteiger charge is -2.39. The summed E-state index contributed by atoms with van der Waals surface area (Å²) >= 11 is 0. The van der Waals surface area contributed by atoms with Crippen LogP contribution in [0.3, 0.4) is 0 Å². The molecule has 3 heterocycles. The van der Waals surface area contributed by atoms with Gasteiger partial charge in [-0.2, -0.15) is 5.26 Å². The zero-order chi connectivity index (χ0) is 28.4. The number of aliphatic hydroxyl groups excluding tert-OH is 3. The quantitative estimate of drug-likeness (QED) is 0.277. The van der Waals surface area contributed by atoms with Crippen molar-refractivity contribution in [1.29, 1.82) is 5.26 Å². The van der Waals surface area contributed by atoms with Crippen molar-refractivity contribution in [2.75, 3.05) is 24.5 Å². The number of carbonyl (C=O) groups excluding carboxylic acids is 1. The Morgan fingerprint density at radius 2 is 1.77 bits per heavy atom. The third-order valence-corrected chi connectivity index (χ3v) is 8.15. The Bertz CT molecular complexity index is 1450. The van der Waals surface area contributed by atoms with Crippen molar-refractivity contribution in [1.82, 2.24) is 9.88 Å². The maximum atomic E-state index is 12.8. The van der Waals surface area contributed by atoms with Gasteiger partial charge in [0.1, 0.15) is 17.7 Å². The number of hydrogen-bond donors (Lipinski definition) is 4. The number of fused-ring (bicyclic) bond motifs is 1. The number of carbonyl (C=O) groups is 1. The van der Waals surface area contributed by atoms with Crippen LogP contribution in [0.5, 0.6) is 0 Å². The van der Waals surface area contributed by atoms with Crippen molar-refractivity contribution in [3.05, 3.63) is 59.8 Å². The van der Waals surface area contributed by atoms with E-state index in [1.54, 1.807) is 6.92 Å². The van der Waals surface area contributed by atoms with E-state index in [2.05, 4.69) is 46.6 Å². The van der Waals surface area contributed by atoms with Gasteiger partial charge in [0.05, 0.1) is 18.1 Å². The zero-order valence-electron chi connectivity index (χ0n) is 22.8. The second kappa shape index (κ2) is 11.8. The zero-order valence-corrected chi connectivity index (χ0v) is 22.8. The number of anilines is 1. The molecule has 210 valence electrons.